The van der Waals surface area contributed by atoms with Crippen molar-refractivity contribution in [2.45, 2.75) is 84.3 Å². The van der Waals surface area contributed by atoms with Crippen molar-refractivity contribution in [3.05, 3.63) is 0 Å². The normalized spacial score (nSPS) is 32.8. The highest BCUT2D eigenvalue weighted by Crippen LogP contribution is 2.38. The summed E-state index contributed by atoms with van der Waals surface area (Å²) in [6.07, 6.45) is 7.51. The monoisotopic (exact) mass is 310 g/mol. The van der Waals surface area contributed by atoms with Gasteiger partial charge in [-0.2, -0.15) is 0 Å². The number of hydrogen-bond acceptors (Lipinski definition) is 3. The second-order valence-corrected chi connectivity index (χ2v) is 8.36. The number of carboxylic acid groups (broad SMARTS) is 1. The fourth-order valence-corrected chi connectivity index (χ4v) is 4.15. The van der Waals surface area contributed by atoms with E-state index in [9.17, 15) is 4.79 Å². The molecule has 22 heavy (non-hydrogen) atoms. The zero-order valence-corrected chi connectivity index (χ0v) is 14.8. The first kappa shape index (κ1) is 17.7. The van der Waals surface area contributed by atoms with Gasteiger partial charge in [-0.3, -0.25) is 9.69 Å². The molecule has 4 heteroatoms. The van der Waals surface area contributed by atoms with Crippen molar-refractivity contribution in [3.63, 3.8) is 0 Å². The molecule has 0 aromatic rings. The van der Waals surface area contributed by atoms with Crippen molar-refractivity contribution in [3.8, 4) is 0 Å². The van der Waals surface area contributed by atoms with E-state index in [2.05, 4.69) is 37.9 Å². The SMILES string of the molecule is CCN(CC(=O)O)C1CC(NC2CCC(C(C)(C)C)CC2)C1. The first-order chi connectivity index (χ1) is 10.3. The van der Waals surface area contributed by atoms with E-state index in [1.807, 2.05) is 0 Å². The molecule has 0 saturated heterocycles. The molecule has 0 atom stereocenters. The Bertz CT molecular complexity index is 364. The Morgan fingerprint density at radius 1 is 1.14 bits per heavy atom. The van der Waals surface area contributed by atoms with Gasteiger partial charge in [0.15, 0.2) is 0 Å². The van der Waals surface area contributed by atoms with Crippen LogP contribution in [0.25, 0.3) is 0 Å². The third-order valence-electron chi connectivity index (χ3n) is 5.80. The minimum atomic E-state index is -0.709. The molecule has 0 aromatic heterocycles. The standard InChI is InChI=1S/C18H34N2O2/c1-5-20(12-17(21)22)16-10-15(11-16)19-14-8-6-13(7-9-14)18(2,3)4/h13-16,19H,5-12H2,1-4H3,(H,21,22). The maximum Gasteiger partial charge on any atom is 0.317 e. The molecule has 2 fully saturated rings. The van der Waals surface area contributed by atoms with E-state index in [1.165, 1.54) is 25.7 Å². The number of hydrogen-bond donors (Lipinski definition) is 2. The number of likely N-dealkylation sites (N-methyl/N-ethyl adjacent to an activating group) is 1. The minimum absolute atomic E-state index is 0.185. The summed E-state index contributed by atoms with van der Waals surface area (Å²) >= 11 is 0. The number of aliphatic carboxylic acids is 1. The van der Waals surface area contributed by atoms with Crippen LogP contribution >= 0.6 is 0 Å². The number of carbonyl (C=O) groups is 1. The van der Waals surface area contributed by atoms with Crippen LogP contribution in [0.3, 0.4) is 0 Å². The Labute approximate surface area is 135 Å². The predicted molar refractivity (Wildman–Crippen MR) is 90.0 cm³/mol. The smallest absolute Gasteiger partial charge is 0.317 e. The molecule has 2 saturated carbocycles. The summed E-state index contributed by atoms with van der Waals surface area (Å²) in [7, 11) is 0. The lowest BCUT2D eigenvalue weighted by atomic mass is 9.71. The number of rotatable bonds is 6. The third kappa shape index (κ3) is 4.69. The van der Waals surface area contributed by atoms with Crippen molar-refractivity contribution in [1.29, 1.82) is 0 Å². The molecule has 0 aliphatic heterocycles. The first-order valence-electron chi connectivity index (χ1n) is 9.01. The van der Waals surface area contributed by atoms with Gasteiger partial charge in [0.1, 0.15) is 0 Å². The molecule has 0 amide bonds. The van der Waals surface area contributed by atoms with Crippen LogP contribution < -0.4 is 5.32 Å². The first-order valence-corrected chi connectivity index (χ1v) is 9.01. The molecular formula is C18H34N2O2. The summed E-state index contributed by atoms with van der Waals surface area (Å²) in [5, 5.41) is 12.8. The van der Waals surface area contributed by atoms with E-state index in [1.54, 1.807) is 0 Å². The average Bonchev–Trinajstić information content (AvgIpc) is 2.39. The summed E-state index contributed by atoms with van der Waals surface area (Å²) < 4.78 is 0. The summed E-state index contributed by atoms with van der Waals surface area (Å²) in [6.45, 7) is 10.2. The van der Waals surface area contributed by atoms with E-state index < -0.39 is 5.97 Å². The maximum atomic E-state index is 10.9. The lowest BCUT2D eigenvalue weighted by molar-refractivity contribution is -0.139. The van der Waals surface area contributed by atoms with E-state index in [-0.39, 0.29) is 6.54 Å². The van der Waals surface area contributed by atoms with Gasteiger partial charge in [-0.15, -0.1) is 0 Å². The molecule has 2 rings (SSSR count). The Morgan fingerprint density at radius 2 is 1.73 bits per heavy atom. The van der Waals surface area contributed by atoms with Crippen molar-refractivity contribution < 1.29 is 9.90 Å². The van der Waals surface area contributed by atoms with E-state index in [0.29, 0.717) is 23.5 Å². The molecule has 2 N–H and O–H groups in total. The number of nitrogens with one attached hydrogen (secondary N) is 1. The molecule has 128 valence electrons. The van der Waals surface area contributed by atoms with Crippen molar-refractivity contribution in [2.24, 2.45) is 11.3 Å². The van der Waals surface area contributed by atoms with Crippen LogP contribution in [0.1, 0.15) is 66.2 Å². The second-order valence-electron chi connectivity index (χ2n) is 8.36. The van der Waals surface area contributed by atoms with Crippen LogP contribution in [0.4, 0.5) is 0 Å². The molecule has 0 bridgehead atoms. The van der Waals surface area contributed by atoms with Crippen molar-refractivity contribution >= 4 is 5.97 Å². The summed E-state index contributed by atoms with van der Waals surface area (Å²) in [4.78, 5) is 13.0. The molecule has 0 radical (unpaired) electrons. The van der Waals surface area contributed by atoms with Gasteiger partial charge < -0.3 is 10.4 Å². The number of nitrogens with zero attached hydrogens (tertiary/aromatic N) is 1. The van der Waals surface area contributed by atoms with Crippen molar-refractivity contribution in [1.82, 2.24) is 10.2 Å². The minimum Gasteiger partial charge on any atom is -0.480 e. The van der Waals surface area contributed by atoms with Crippen LogP contribution in [-0.2, 0) is 4.79 Å². The quantitative estimate of drug-likeness (QED) is 0.791. The highest BCUT2D eigenvalue weighted by molar-refractivity contribution is 5.69. The van der Waals surface area contributed by atoms with Gasteiger partial charge in [0, 0.05) is 18.1 Å². The van der Waals surface area contributed by atoms with Gasteiger partial charge in [-0.1, -0.05) is 27.7 Å². The van der Waals surface area contributed by atoms with E-state index in [0.717, 1.165) is 25.3 Å². The summed E-state index contributed by atoms with van der Waals surface area (Å²) in [5.74, 6) is 0.157. The van der Waals surface area contributed by atoms with Crippen LogP contribution in [0.5, 0.6) is 0 Å². The molecule has 0 aromatic carbocycles. The lowest BCUT2D eigenvalue weighted by Crippen LogP contribution is -2.56. The highest BCUT2D eigenvalue weighted by atomic mass is 16.4. The fraction of sp³-hybridized carbons (Fsp3) is 0.944. The van der Waals surface area contributed by atoms with Crippen molar-refractivity contribution in [2.75, 3.05) is 13.1 Å². The summed E-state index contributed by atoms with van der Waals surface area (Å²) in [6, 6.07) is 1.74. The third-order valence-corrected chi connectivity index (χ3v) is 5.80. The Morgan fingerprint density at radius 3 is 2.18 bits per heavy atom. The zero-order valence-electron chi connectivity index (χ0n) is 14.8. The van der Waals surface area contributed by atoms with Crippen LogP contribution in [0.2, 0.25) is 0 Å². The lowest BCUT2D eigenvalue weighted by Gasteiger charge is -2.45. The predicted octanol–water partition coefficient (Wildman–Crippen LogP) is 3.12. The van der Waals surface area contributed by atoms with Crippen LogP contribution in [-0.4, -0.2) is 47.2 Å². The van der Waals surface area contributed by atoms with Gasteiger partial charge in [-0.25, -0.2) is 0 Å². The fourth-order valence-electron chi connectivity index (χ4n) is 4.15. The second kappa shape index (κ2) is 7.31. The van der Waals surface area contributed by atoms with Gasteiger partial charge >= 0.3 is 5.97 Å². The average molecular weight is 310 g/mol. The van der Waals surface area contributed by atoms with Gasteiger partial charge in [0.25, 0.3) is 0 Å². The van der Waals surface area contributed by atoms with E-state index >= 15 is 0 Å². The molecule has 2 aliphatic carbocycles. The Kier molecular flexibility index (Phi) is 5.89. The highest BCUT2D eigenvalue weighted by Gasteiger charge is 2.36. The number of carboxylic acids is 1. The summed E-state index contributed by atoms with van der Waals surface area (Å²) in [5.41, 5.74) is 0.449. The maximum absolute atomic E-state index is 10.9. The molecule has 4 nitrogen and oxygen atoms in total. The Hall–Kier alpha value is -0.610. The molecule has 0 unspecified atom stereocenters. The van der Waals surface area contributed by atoms with Gasteiger partial charge in [0.05, 0.1) is 6.54 Å². The largest absolute Gasteiger partial charge is 0.480 e. The topological polar surface area (TPSA) is 52.6 Å². The van der Waals surface area contributed by atoms with Crippen LogP contribution in [0.15, 0.2) is 0 Å². The molecule has 0 spiro atoms. The van der Waals surface area contributed by atoms with Crippen LogP contribution in [0, 0.1) is 11.3 Å². The Balaban J connectivity index is 1.67. The molecule has 0 heterocycles. The van der Waals surface area contributed by atoms with E-state index in [4.69, 9.17) is 5.11 Å². The van der Waals surface area contributed by atoms with Gasteiger partial charge in [0.2, 0.25) is 0 Å². The molecular weight excluding hydrogens is 276 g/mol. The zero-order chi connectivity index (χ0) is 16.3. The molecule has 2 aliphatic rings. The van der Waals surface area contributed by atoms with Gasteiger partial charge in [-0.05, 0) is 56.4 Å².